The molecule has 1 aromatic heterocycles. The first-order chi connectivity index (χ1) is 13.8. The minimum Gasteiger partial charge on any atom is -0.462 e. The molecule has 1 aliphatic rings. The maximum Gasteiger partial charge on any atom is 0.409 e. The quantitative estimate of drug-likeness (QED) is 0.534. The minimum absolute atomic E-state index is 0.0497. The molecule has 1 saturated heterocycles. The normalized spacial score (nSPS) is 14.4. The van der Waals surface area contributed by atoms with E-state index in [0.29, 0.717) is 32.8 Å². The highest BCUT2D eigenvalue weighted by atomic mass is 16.6. The number of Topliss-reactive ketones (excluding diaryl/α,β-unsaturated/α-hetero) is 1. The van der Waals surface area contributed by atoms with Crippen molar-refractivity contribution < 1.29 is 33.1 Å². The lowest BCUT2D eigenvalue weighted by Crippen LogP contribution is -2.50. The van der Waals surface area contributed by atoms with Crippen LogP contribution in [-0.2, 0) is 14.3 Å². The van der Waals surface area contributed by atoms with Gasteiger partial charge in [-0.15, -0.1) is 0 Å². The van der Waals surface area contributed by atoms with Crippen LogP contribution in [-0.4, -0.2) is 79.5 Å². The Kier molecular flexibility index (Phi) is 7.77. The molecule has 0 unspecified atom stereocenters. The molecule has 2 heterocycles. The Morgan fingerprint density at radius 2 is 1.62 bits per heavy atom. The highest BCUT2D eigenvalue weighted by Gasteiger charge is 2.29. The van der Waals surface area contributed by atoms with Crippen molar-refractivity contribution in [3.05, 3.63) is 16.9 Å². The number of hydrogen-bond donors (Lipinski definition) is 1. The molecule has 1 N–H and O–H groups in total. The fourth-order valence-electron chi connectivity index (χ4n) is 3.13. The van der Waals surface area contributed by atoms with Crippen LogP contribution in [0.1, 0.15) is 47.2 Å². The molecule has 1 aromatic rings. The van der Waals surface area contributed by atoms with Crippen LogP contribution >= 0.6 is 0 Å². The molecule has 0 atom stereocenters. The van der Waals surface area contributed by atoms with Crippen LogP contribution in [0.15, 0.2) is 4.42 Å². The van der Waals surface area contributed by atoms with Crippen LogP contribution in [0.25, 0.3) is 0 Å². The first kappa shape index (κ1) is 22.4. The van der Waals surface area contributed by atoms with Crippen molar-refractivity contribution in [2.45, 2.75) is 27.7 Å². The molecular formula is C19H27N3O7. The zero-order valence-corrected chi connectivity index (χ0v) is 17.2. The summed E-state index contributed by atoms with van der Waals surface area (Å²) in [6, 6.07) is 0. The van der Waals surface area contributed by atoms with Gasteiger partial charge in [0.25, 0.3) is 0 Å². The van der Waals surface area contributed by atoms with Crippen molar-refractivity contribution in [3.8, 4) is 0 Å². The SMILES string of the molecule is CCOC(=O)c1c(NC(=O)CN2CCN(C(=O)OCC)CC2)oc(C)c1C(C)=O. The van der Waals surface area contributed by atoms with Crippen LogP contribution in [0, 0.1) is 6.92 Å². The van der Waals surface area contributed by atoms with Gasteiger partial charge in [0.05, 0.1) is 25.3 Å². The van der Waals surface area contributed by atoms with Gasteiger partial charge in [-0.25, -0.2) is 9.59 Å². The molecular weight excluding hydrogens is 382 g/mol. The molecule has 0 aliphatic carbocycles. The lowest BCUT2D eigenvalue weighted by atomic mass is 10.1. The van der Waals surface area contributed by atoms with E-state index in [2.05, 4.69) is 5.32 Å². The second kappa shape index (κ2) is 10.1. The number of aryl methyl sites for hydroxylation is 1. The van der Waals surface area contributed by atoms with Gasteiger partial charge in [-0.1, -0.05) is 0 Å². The number of furan rings is 1. The van der Waals surface area contributed by atoms with Crippen molar-refractivity contribution in [2.24, 2.45) is 0 Å². The molecule has 160 valence electrons. The lowest BCUT2D eigenvalue weighted by molar-refractivity contribution is -0.117. The molecule has 1 fully saturated rings. The van der Waals surface area contributed by atoms with E-state index in [1.165, 1.54) is 6.92 Å². The molecule has 1 aliphatic heterocycles. The maximum absolute atomic E-state index is 12.5. The van der Waals surface area contributed by atoms with E-state index >= 15 is 0 Å². The smallest absolute Gasteiger partial charge is 0.409 e. The number of piperazine rings is 1. The van der Waals surface area contributed by atoms with Crippen molar-refractivity contribution in [2.75, 3.05) is 51.3 Å². The minimum atomic E-state index is -0.729. The van der Waals surface area contributed by atoms with Crippen molar-refractivity contribution in [3.63, 3.8) is 0 Å². The summed E-state index contributed by atoms with van der Waals surface area (Å²) in [6.45, 7) is 8.66. The van der Waals surface area contributed by atoms with E-state index in [1.807, 2.05) is 4.90 Å². The zero-order valence-electron chi connectivity index (χ0n) is 17.2. The Labute approximate surface area is 169 Å². The van der Waals surface area contributed by atoms with Gasteiger partial charge in [-0.05, 0) is 27.7 Å². The highest BCUT2D eigenvalue weighted by molar-refractivity contribution is 6.10. The Balaban J connectivity index is 2.02. The predicted molar refractivity (Wildman–Crippen MR) is 103 cm³/mol. The number of carbonyl (C=O) groups is 4. The highest BCUT2D eigenvalue weighted by Crippen LogP contribution is 2.28. The number of ether oxygens (including phenoxy) is 2. The monoisotopic (exact) mass is 409 g/mol. The molecule has 2 rings (SSSR count). The molecule has 0 aromatic carbocycles. The van der Waals surface area contributed by atoms with E-state index < -0.39 is 11.9 Å². The van der Waals surface area contributed by atoms with Crippen molar-refractivity contribution >= 4 is 29.6 Å². The zero-order chi connectivity index (χ0) is 21.6. The Bertz CT molecular complexity index is 779. The average Bonchev–Trinajstić information content (AvgIpc) is 2.98. The van der Waals surface area contributed by atoms with E-state index in [4.69, 9.17) is 13.9 Å². The van der Waals surface area contributed by atoms with E-state index in [0.717, 1.165) is 0 Å². The number of rotatable bonds is 7. The third kappa shape index (κ3) is 5.57. The maximum atomic E-state index is 12.5. The van der Waals surface area contributed by atoms with Gasteiger partial charge >= 0.3 is 12.1 Å². The summed E-state index contributed by atoms with van der Waals surface area (Å²) >= 11 is 0. The van der Waals surface area contributed by atoms with Crippen LogP contribution in [0.5, 0.6) is 0 Å². The van der Waals surface area contributed by atoms with Gasteiger partial charge in [-0.2, -0.15) is 0 Å². The van der Waals surface area contributed by atoms with Gasteiger partial charge < -0.3 is 18.8 Å². The molecule has 10 nitrogen and oxygen atoms in total. The summed E-state index contributed by atoms with van der Waals surface area (Å²) < 4.78 is 15.4. The van der Waals surface area contributed by atoms with Crippen molar-refractivity contribution in [1.29, 1.82) is 0 Å². The number of ketones is 1. The van der Waals surface area contributed by atoms with E-state index in [-0.39, 0.29) is 47.8 Å². The van der Waals surface area contributed by atoms with Crippen LogP contribution in [0.2, 0.25) is 0 Å². The van der Waals surface area contributed by atoms with Gasteiger partial charge in [0, 0.05) is 26.2 Å². The summed E-state index contributed by atoms with van der Waals surface area (Å²) in [5, 5.41) is 2.56. The Morgan fingerprint density at radius 3 is 2.17 bits per heavy atom. The average molecular weight is 409 g/mol. The molecule has 0 bridgehead atoms. The van der Waals surface area contributed by atoms with Crippen LogP contribution < -0.4 is 5.32 Å². The second-order valence-corrected chi connectivity index (χ2v) is 6.52. The largest absolute Gasteiger partial charge is 0.462 e. The summed E-state index contributed by atoms with van der Waals surface area (Å²) in [5.41, 5.74) is 0.0270. The van der Waals surface area contributed by atoms with Crippen molar-refractivity contribution in [1.82, 2.24) is 9.80 Å². The number of anilines is 1. The fourth-order valence-corrected chi connectivity index (χ4v) is 3.13. The Morgan fingerprint density at radius 1 is 1.00 bits per heavy atom. The van der Waals surface area contributed by atoms with Gasteiger partial charge in [0.15, 0.2) is 5.78 Å². The summed E-state index contributed by atoms with van der Waals surface area (Å²) in [4.78, 5) is 51.9. The standard InChI is InChI=1S/C19H27N3O7/c1-5-27-18(25)16-15(12(3)23)13(4)29-17(16)20-14(24)11-21-7-9-22(10-8-21)19(26)28-6-2/h5-11H2,1-4H3,(H,20,24). The molecule has 10 heteroatoms. The molecule has 0 saturated carbocycles. The number of amides is 2. The number of nitrogens with one attached hydrogen (secondary N) is 1. The fraction of sp³-hybridized carbons (Fsp3) is 0.579. The van der Waals surface area contributed by atoms with Crippen LogP contribution in [0.4, 0.5) is 10.7 Å². The van der Waals surface area contributed by atoms with Gasteiger partial charge in [0.1, 0.15) is 11.3 Å². The molecule has 0 radical (unpaired) electrons. The van der Waals surface area contributed by atoms with E-state index in [9.17, 15) is 19.2 Å². The van der Waals surface area contributed by atoms with E-state index in [1.54, 1.807) is 25.7 Å². The van der Waals surface area contributed by atoms with Gasteiger partial charge in [0.2, 0.25) is 11.8 Å². The Hall–Kier alpha value is -2.88. The predicted octanol–water partition coefficient (Wildman–Crippen LogP) is 1.68. The summed E-state index contributed by atoms with van der Waals surface area (Å²) in [5.74, 6) is -1.35. The summed E-state index contributed by atoms with van der Waals surface area (Å²) in [7, 11) is 0. The van der Waals surface area contributed by atoms with Crippen LogP contribution in [0.3, 0.4) is 0 Å². The molecule has 29 heavy (non-hydrogen) atoms. The number of hydrogen-bond acceptors (Lipinski definition) is 8. The summed E-state index contributed by atoms with van der Waals surface area (Å²) in [6.07, 6.45) is -0.362. The number of carbonyl (C=O) groups excluding carboxylic acids is 4. The number of nitrogens with zero attached hydrogens (tertiary/aromatic N) is 2. The topological polar surface area (TPSA) is 118 Å². The first-order valence-corrected chi connectivity index (χ1v) is 9.53. The third-order valence-electron chi connectivity index (χ3n) is 4.43. The molecule has 0 spiro atoms. The number of esters is 1. The molecule has 2 amide bonds. The van der Waals surface area contributed by atoms with Gasteiger partial charge in [-0.3, -0.25) is 19.8 Å². The third-order valence-corrected chi connectivity index (χ3v) is 4.43. The lowest BCUT2D eigenvalue weighted by Gasteiger charge is -2.33. The first-order valence-electron chi connectivity index (χ1n) is 9.53. The second-order valence-electron chi connectivity index (χ2n) is 6.52.